The Balaban J connectivity index is 1.60. The molecule has 2 heterocycles. The Morgan fingerprint density at radius 3 is 2.86 bits per heavy atom. The number of para-hydroxylation sites is 1. The largest absolute Gasteiger partial charge is 0.383 e. The summed E-state index contributed by atoms with van der Waals surface area (Å²) in [5, 5.41) is 4.74. The van der Waals surface area contributed by atoms with E-state index in [0.717, 1.165) is 5.56 Å². The van der Waals surface area contributed by atoms with Crippen LogP contribution >= 0.6 is 0 Å². The Hall–Kier alpha value is -3.00. The van der Waals surface area contributed by atoms with Crippen LogP contribution in [0.15, 0.2) is 47.8 Å². The van der Waals surface area contributed by atoms with Crippen molar-refractivity contribution >= 4 is 16.8 Å². The molecule has 8 nitrogen and oxygen atoms in total. The van der Waals surface area contributed by atoms with Gasteiger partial charge < -0.3 is 9.64 Å². The van der Waals surface area contributed by atoms with Gasteiger partial charge in [0.1, 0.15) is 0 Å². The maximum absolute atomic E-state index is 12.7. The summed E-state index contributed by atoms with van der Waals surface area (Å²) in [4.78, 5) is 31.3. The number of carbonyl (C=O) groups is 1. The van der Waals surface area contributed by atoms with E-state index in [9.17, 15) is 9.59 Å². The van der Waals surface area contributed by atoms with E-state index in [1.807, 2.05) is 31.4 Å². The molecule has 0 aliphatic heterocycles. The van der Waals surface area contributed by atoms with Gasteiger partial charge in [-0.2, -0.15) is 5.10 Å². The summed E-state index contributed by atoms with van der Waals surface area (Å²) in [6.07, 6.45) is 6.12. The summed E-state index contributed by atoms with van der Waals surface area (Å²) >= 11 is 0. The van der Waals surface area contributed by atoms with Gasteiger partial charge in [-0.3, -0.25) is 18.8 Å². The van der Waals surface area contributed by atoms with Crippen LogP contribution in [-0.4, -0.2) is 50.4 Å². The highest BCUT2D eigenvalue weighted by Gasteiger charge is 2.15. The third-order valence-corrected chi connectivity index (χ3v) is 4.57. The van der Waals surface area contributed by atoms with Crippen molar-refractivity contribution in [3.8, 4) is 0 Å². The van der Waals surface area contributed by atoms with Crippen LogP contribution in [0, 0.1) is 0 Å². The Labute approximate surface area is 163 Å². The van der Waals surface area contributed by atoms with Gasteiger partial charge in [-0.25, -0.2) is 4.98 Å². The zero-order valence-corrected chi connectivity index (χ0v) is 16.2. The molecule has 0 bridgehead atoms. The Kier molecular flexibility index (Phi) is 6.54. The van der Waals surface area contributed by atoms with E-state index >= 15 is 0 Å². The first-order chi connectivity index (χ1) is 13.6. The predicted octanol–water partition coefficient (Wildman–Crippen LogP) is 1.59. The quantitative estimate of drug-likeness (QED) is 0.560. The summed E-state index contributed by atoms with van der Waals surface area (Å²) < 4.78 is 8.41. The van der Waals surface area contributed by atoms with Crippen molar-refractivity contribution in [3.05, 3.63) is 58.9 Å². The van der Waals surface area contributed by atoms with Gasteiger partial charge >= 0.3 is 0 Å². The SMILES string of the molecule is COCCN(Cc1cnn(C)c1)C(=O)CCCn1cnc2ccccc2c1=O. The molecule has 148 valence electrons. The zero-order valence-electron chi connectivity index (χ0n) is 16.2. The Morgan fingerprint density at radius 2 is 2.11 bits per heavy atom. The molecule has 3 aromatic rings. The summed E-state index contributed by atoms with van der Waals surface area (Å²) in [5.74, 6) is 0.0303. The number of nitrogens with zero attached hydrogens (tertiary/aromatic N) is 5. The summed E-state index contributed by atoms with van der Waals surface area (Å²) in [6, 6.07) is 7.27. The smallest absolute Gasteiger partial charge is 0.261 e. The van der Waals surface area contributed by atoms with Crippen LogP contribution in [0.5, 0.6) is 0 Å². The van der Waals surface area contributed by atoms with Crippen LogP contribution < -0.4 is 5.56 Å². The molecule has 0 fully saturated rings. The molecule has 28 heavy (non-hydrogen) atoms. The van der Waals surface area contributed by atoms with Gasteiger partial charge in [-0.15, -0.1) is 0 Å². The molecule has 0 saturated carbocycles. The molecule has 0 aliphatic rings. The lowest BCUT2D eigenvalue weighted by molar-refractivity contribution is -0.132. The normalized spacial score (nSPS) is 11.1. The number of rotatable bonds is 9. The van der Waals surface area contributed by atoms with Crippen molar-refractivity contribution < 1.29 is 9.53 Å². The van der Waals surface area contributed by atoms with E-state index in [0.29, 0.717) is 50.0 Å². The summed E-state index contributed by atoms with van der Waals surface area (Å²) in [5.41, 5.74) is 1.58. The molecule has 2 aromatic heterocycles. The van der Waals surface area contributed by atoms with Crippen LogP contribution in [0.3, 0.4) is 0 Å². The topological polar surface area (TPSA) is 82.2 Å². The lowest BCUT2D eigenvalue weighted by Gasteiger charge is -2.22. The third kappa shape index (κ3) is 4.83. The molecule has 1 aromatic carbocycles. The van der Waals surface area contributed by atoms with Crippen LogP contribution in [0.4, 0.5) is 0 Å². The molecule has 0 aliphatic carbocycles. The second-order valence-electron chi connectivity index (χ2n) is 6.69. The van der Waals surface area contributed by atoms with Crippen molar-refractivity contribution in [2.24, 2.45) is 7.05 Å². The number of fused-ring (bicyclic) bond motifs is 1. The Bertz CT molecular complexity index is 995. The van der Waals surface area contributed by atoms with Crippen molar-refractivity contribution in [3.63, 3.8) is 0 Å². The van der Waals surface area contributed by atoms with Crippen molar-refractivity contribution in [1.82, 2.24) is 24.2 Å². The minimum Gasteiger partial charge on any atom is -0.383 e. The van der Waals surface area contributed by atoms with Crippen LogP contribution in [0.1, 0.15) is 18.4 Å². The number of hydrogen-bond donors (Lipinski definition) is 0. The average molecular weight is 383 g/mol. The van der Waals surface area contributed by atoms with E-state index < -0.39 is 0 Å². The molecule has 0 N–H and O–H groups in total. The van der Waals surface area contributed by atoms with E-state index in [2.05, 4.69) is 10.1 Å². The molecule has 0 spiro atoms. The molecule has 1 amide bonds. The van der Waals surface area contributed by atoms with Crippen LogP contribution in [0.2, 0.25) is 0 Å². The molecular weight excluding hydrogens is 358 g/mol. The van der Waals surface area contributed by atoms with Crippen LogP contribution in [-0.2, 0) is 29.7 Å². The minimum atomic E-state index is -0.0790. The summed E-state index contributed by atoms with van der Waals surface area (Å²) in [6.45, 7) is 1.93. The van der Waals surface area contributed by atoms with E-state index in [4.69, 9.17) is 4.74 Å². The molecular formula is C20H25N5O3. The standard InChI is InChI=1S/C20H25N5O3/c1-23-13-16(12-22-23)14-24(10-11-28-2)19(26)8-5-9-25-15-21-18-7-4-3-6-17(18)20(25)27/h3-4,6-7,12-13,15H,5,8-11,14H2,1-2H3. The van der Waals surface area contributed by atoms with Crippen molar-refractivity contribution in [2.45, 2.75) is 25.9 Å². The molecule has 3 rings (SSSR count). The first-order valence-electron chi connectivity index (χ1n) is 9.27. The van der Waals surface area contributed by atoms with Gasteiger partial charge in [0.2, 0.25) is 5.91 Å². The van der Waals surface area contributed by atoms with E-state index in [1.165, 1.54) is 0 Å². The number of aromatic nitrogens is 4. The number of carbonyl (C=O) groups excluding carboxylic acids is 1. The number of methoxy groups -OCH3 is 1. The van der Waals surface area contributed by atoms with Gasteiger partial charge in [0.25, 0.3) is 5.56 Å². The molecule has 0 saturated heterocycles. The number of hydrogen-bond acceptors (Lipinski definition) is 5. The van der Waals surface area contributed by atoms with E-state index in [1.54, 1.807) is 39.8 Å². The molecule has 0 unspecified atom stereocenters. The number of amides is 1. The maximum Gasteiger partial charge on any atom is 0.261 e. The number of aryl methyl sites for hydroxylation is 2. The lowest BCUT2D eigenvalue weighted by atomic mass is 10.2. The molecule has 0 atom stereocenters. The molecule has 0 radical (unpaired) electrons. The van der Waals surface area contributed by atoms with Gasteiger partial charge in [-0.1, -0.05) is 12.1 Å². The van der Waals surface area contributed by atoms with Crippen LogP contribution in [0.25, 0.3) is 10.9 Å². The zero-order chi connectivity index (χ0) is 19.9. The lowest BCUT2D eigenvalue weighted by Crippen LogP contribution is -2.33. The number of benzene rings is 1. The highest BCUT2D eigenvalue weighted by molar-refractivity contribution is 5.77. The van der Waals surface area contributed by atoms with Gasteiger partial charge in [0.05, 0.1) is 30.0 Å². The monoisotopic (exact) mass is 383 g/mol. The Morgan fingerprint density at radius 1 is 1.29 bits per heavy atom. The number of ether oxygens (including phenoxy) is 1. The average Bonchev–Trinajstić information content (AvgIpc) is 3.11. The molecule has 8 heteroatoms. The first-order valence-corrected chi connectivity index (χ1v) is 9.27. The van der Waals surface area contributed by atoms with Crippen molar-refractivity contribution in [2.75, 3.05) is 20.3 Å². The minimum absolute atomic E-state index is 0.0303. The highest BCUT2D eigenvalue weighted by Crippen LogP contribution is 2.08. The summed E-state index contributed by atoms with van der Waals surface area (Å²) in [7, 11) is 3.46. The first kappa shape index (κ1) is 19.8. The second-order valence-corrected chi connectivity index (χ2v) is 6.69. The van der Waals surface area contributed by atoms with Crippen molar-refractivity contribution in [1.29, 1.82) is 0 Å². The fraction of sp³-hybridized carbons (Fsp3) is 0.400. The fourth-order valence-corrected chi connectivity index (χ4v) is 3.09. The van der Waals surface area contributed by atoms with Gasteiger partial charge in [-0.05, 0) is 18.6 Å². The van der Waals surface area contributed by atoms with E-state index in [-0.39, 0.29) is 11.5 Å². The highest BCUT2D eigenvalue weighted by atomic mass is 16.5. The van der Waals surface area contributed by atoms with Gasteiger partial charge in [0, 0.05) is 52.0 Å². The maximum atomic E-state index is 12.7. The second kappa shape index (κ2) is 9.27. The van der Waals surface area contributed by atoms with Gasteiger partial charge in [0.15, 0.2) is 0 Å². The third-order valence-electron chi connectivity index (χ3n) is 4.57. The predicted molar refractivity (Wildman–Crippen MR) is 106 cm³/mol. The fourth-order valence-electron chi connectivity index (χ4n) is 3.09.